The number of methoxy groups -OCH3 is 2. The van der Waals surface area contributed by atoms with Gasteiger partial charge >= 0.3 is 11.9 Å². The monoisotopic (exact) mass is 352 g/mol. The van der Waals surface area contributed by atoms with Crippen LogP contribution in [0.4, 0.5) is 11.4 Å². The van der Waals surface area contributed by atoms with E-state index in [1.165, 1.54) is 25.3 Å². The van der Waals surface area contributed by atoms with Gasteiger partial charge in [-0.1, -0.05) is 30.3 Å². The molecule has 0 bridgehead atoms. The maximum atomic E-state index is 11.9. The zero-order valence-corrected chi connectivity index (χ0v) is 14.7. The second-order valence-electron chi connectivity index (χ2n) is 5.87. The number of benzene rings is 2. The van der Waals surface area contributed by atoms with Crippen LogP contribution in [0.1, 0.15) is 11.1 Å². The van der Waals surface area contributed by atoms with Crippen LogP contribution in [-0.2, 0) is 32.2 Å². The Morgan fingerprint density at radius 2 is 1.69 bits per heavy atom. The van der Waals surface area contributed by atoms with E-state index in [1.54, 1.807) is 0 Å². The predicted octanol–water partition coefficient (Wildman–Crippen LogP) is 2.85. The Hall–Kier alpha value is -3.28. The molecule has 0 saturated heterocycles. The van der Waals surface area contributed by atoms with Crippen molar-refractivity contribution in [2.24, 2.45) is 0 Å². The number of rotatable bonds is 5. The van der Waals surface area contributed by atoms with Crippen LogP contribution in [0, 0.1) is 0 Å². The van der Waals surface area contributed by atoms with E-state index in [0.717, 1.165) is 24.9 Å². The Labute approximate surface area is 152 Å². The van der Waals surface area contributed by atoms with E-state index in [4.69, 9.17) is 4.74 Å². The topological polar surface area (TPSA) is 67.9 Å². The van der Waals surface area contributed by atoms with Crippen molar-refractivity contribution in [3.8, 4) is 0 Å². The average Bonchev–Trinajstić information content (AvgIpc) is 3.11. The Kier molecular flexibility index (Phi) is 5.22. The summed E-state index contributed by atoms with van der Waals surface area (Å²) in [6.07, 6.45) is 1.07. The summed E-state index contributed by atoms with van der Waals surface area (Å²) in [6, 6.07) is 16.0. The fraction of sp³-hybridized carbons (Fsp3) is 0.200. The van der Waals surface area contributed by atoms with Crippen molar-refractivity contribution in [3.63, 3.8) is 0 Å². The molecule has 6 heteroatoms. The Balaban J connectivity index is 1.80. The normalized spacial score (nSPS) is 13.2. The summed E-state index contributed by atoms with van der Waals surface area (Å²) in [7, 11) is 2.51. The van der Waals surface area contributed by atoms with Gasteiger partial charge in [0.1, 0.15) is 5.70 Å². The van der Waals surface area contributed by atoms with E-state index in [2.05, 4.69) is 27.1 Å². The second-order valence-corrected chi connectivity index (χ2v) is 5.87. The van der Waals surface area contributed by atoms with E-state index >= 15 is 0 Å². The third kappa shape index (κ3) is 3.85. The summed E-state index contributed by atoms with van der Waals surface area (Å²) in [5.41, 5.74) is 4.34. The van der Waals surface area contributed by atoms with Crippen LogP contribution >= 0.6 is 0 Å². The van der Waals surface area contributed by atoms with Gasteiger partial charge in [-0.15, -0.1) is 0 Å². The first-order valence-electron chi connectivity index (χ1n) is 8.17. The molecule has 0 spiro atoms. The van der Waals surface area contributed by atoms with Crippen molar-refractivity contribution < 1.29 is 19.1 Å². The molecule has 1 aliphatic heterocycles. The molecule has 6 nitrogen and oxygen atoms in total. The SMILES string of the molecule is COC(=O)/C=C(/Nc1cccc(N2Cc3ccccc3C2)c1)C(=O)OC. The lowest BCUT2D eigenvalue weighted by Crippen LogP contribution is -2.17. The number of nitrogens with zero attached hydrogens (tertiary/aromatic N) is 1. The zero-order chi connectivity index (χ0) is 18.5. The lowest BCUT2D eigenvalue weighted by Gasteiger charge is -2.19. The van der Waals surface area contributed by atoms with Crippen LogP contribution in [0.15, 0.2) is 60.3 Å². The van der Waals surface area contributed by atoms with E-state index < -0.39 is 11.9 Å². The van der Waals surface area contributed by atoms with Crippen molar-refractivity contribution in [1.82, 2.24) is 0 Å². The van der Waals surface area contributed by atoms with Gasteiger partial charge in [-0.3, -0.25) is 0 Å². The van der Waals surface area contributed by atoms with Crippen molar-refractivity contribution in [2.75, 3.05) is 24.4 Å². The number of anilines is 2. The van der Waals surface area contributed by atoms with Gasteiger partial charge in [-0.2, -0.15) is 0 Å². The third-order valence-electron chi connectivity index (χ3n) is 4.20. The smallest absolute Gasteiger partial charge is 0.354 e. The summed E-state index contributed by atoms with van der Waals surface area (Å²) in [5, 5.41) is 2.94. The molecule has 134 valence electrons. The highest BCUT2D eigenvalue weighted by atomic mass is 16.5. The van der Waals surface area contributed by atoms with E-state index in [-0.39, 0.29) is 5.70 Å². The highest BCUT2D eigenvalue weighted by Gasteiger charge is 2.19. The van der Waals surface area contributed by atoms with Crippen molar-refractivity contribution >= 4 is 23.3 Å². The summed E-state index contributed by atoms with van der Waals surface area (Å²) in [5.74, 6) is -1.28. The summed E-state index contributed by atoms with van der Waals surface area (Å²) < 4.78 is 9.30. The maximum Gasteiger partial charge on any atom is 0.354 e. The van der Waals surface area contributed by atoms with Crippen LogP contribution in [0.2, 0.25) is 0 Å². The lowest BCUT2D eigenvalue weighted by molar-refractivity contribution is -0.138. The van der Waals surface area contributed by atoms with Crippen LogP contribution in [0.25, 0.3) is 0 Å². The predicted molar refractivity (Wildman–Crippen MR) is 98.5 cm³/mol. The molecule has 0 aromatic heterocycles. The maximum absolute atomic E-state index is 11.9. The number of carbonyl (C=O) groups is 2. The summed E-state index contributed by atoms with van der Waals surface area (Å²) in [4.78, 5) is 25.6. The van der Waals surface area contributed by atoms with Gasteiger partial charge in [-0.25, -0.2) is 9.59 Å². The van der Waals surface area contributed by atoms with E-state index in [0.29, 0.717) is 5.69 Å². The fourth-order valence-electron chi connectivity index (χ4n) is 2.88. The Morgan fingerprint density at radius 1 is 1.00 bits per heavy atom. The number of fused-ring (bicyclic) bond motifs is 1. The molecule has 0 unspecified atom stereocenters. The number of hydrogen-bond donors (Lipinski definition) is 1. The van der Waals surface area contributed by atoms with Gasteiger partial charge in [0, 0.05) is 24.5 Å². The van der Waals surface area contributed by atoms with Crippen LogP contribution in [-0.4, -0.2) is 26.2 Å². The highest BCUT2D eigenvalue weighted by molar-refractivity contribution is 5.98. The van der Waals surface area contributed by atoms with Gasteiger partial charge in [0.05, 0.1) is 20.3 Å². The molecule has 3 rings (SSSR count). The molecular formula is C20H20N2O4. The van der Waals surface area contributed by atoms with Crippen LogP contribution < -0.4 is 10.2 Å². The van der Waals surface area contributed by atoms with Gasteiger partial charge in [0.25, 0.3) is 0 Å². The first kappa shape index (κ1) is 17.5. The standard InChI is InChI=1S/C20H20N2O4/c1-25-19(23)11-18(20(24)26-2)21-16-8-5-9-17(10-16)22-12-14-6-3-4-7-15(14)13-22/h3-11,21H,12-13H2,1-2H3/b18-11+. The molecule has 2 aromatic carbocycles. The summed E-state index contributed by atoms with van der Waals surface area (Å²) >= 11 is 0. The number of nitrogens with one attached hydrogen (secondary N) is 1. The van der Waals surface area contributed by atoms with Gasteiger partial charge in [0.2, 0.25) is 0 Å². The van der Waals surface area contributed by atoms with Gasteiger partial charge < -0.3 is 19.7 Å². The van der Waals surface area contributed by atoms with Gasteiger partial charge in [-0.05, 0) is 29.3 Å². The quantitative estimate of drug-likeness (QED) is 0.659. The first-order valence-corrected chi connectivity index (χ1v) is 8.17. The minimum absolute atomic E-state index is 0.0150. The lowest BCUT2D eigenvalue weighted by atomic mass is 10.1. The second kappa shape index (κ2) is 7.74. The van der Waals surface area contributed by atoms with Gasteiger partial charge in [0.15, 0.2) is 0 Å². The molecule has 1 heterocycles. The molecule has 0 aliphatic carbocycles. The molecule has 0 atom stereocenters. The highest BCUT2D eigenvalue weighted by Crippen LogP contribution is 2.29. The molecule has 1 N–H and O–H groups in total. The van der Waals surface area contributed by atoms with E-state index in [1.807, 2.05) is 36.4 Å². The molecule has 0 radical (unpaired) electrons. The van der Waals surface area contributed by atoms with Crippen LogP contribution in [0.5, 0.6) is 0 Å². The number of ether oxygens (including phenoxy) is 2. The number of hydrogen-bond acceptors (Lipinski definition) is 6. The molecule has 0 saturated carbocycles. The molecule has 1 aliphatic rings. The zero-order valence-electron chi connectivity index (χ0n) is 14.7. The molecule has 0 fully saturated rings. The minimum Gasteiger partial charge on any atom is -0.466 e. The number of carbonyl (C=O) groups excluding carboxylic acids is 2. The Morgan fingerprint density at radius 3 is 2.31 bits per heavy atom. The van der Waals surface area contributed by atoms with Crippen molar-refractivity contribution in [3.05, 3.63) is 71.4 Å². The Bertz CT molecular complexity index is 835. The van der Waals surface area contributed by atoms with Crippen molar-refractivity contribution in [2.45, 2.75) is 13.1 Å². The van der Waals surface area contributed by atoms with Crippen LogP contribution in [0.3, 0.4) is 0 Å². The number of esters is 2. The largest absolute Gasteiger partial charge is 0.466 e. The third-order valence-corrected chi connectivity index (χ3v) is 4.20. The summed E-state index contributed by atoms with van der Waals surface area (Å²) in [6.45, 7) is 1.67. The fourth-order valence-corrected chi connectivity index (χ4v) is 2.88. The minimum atomic E-state index is -0.644. The van der Waals surface area contributed by atoms with Crippen molar-refractivity contribution in [1.29, 1.82) is 0 Å². The first-order chi connectivity index (χ1) is 12.6. The molecule has 26 heavy (non-hydrogen) atoms. The molecule has 2 aromatic rings. The van der Waals surface area contributed by atoms with E-state index in [9.17, 15) is 9.59 Å². The average molecular weight is 352 g/mol. The molecule has 0 amide bonds. The molecular weight excluding hydrogens is 332 g/mol.